The van der Waals surface area contributed by atoms with Crippen molar-refractivity contribution >= 4 is 23.2 Å². The molecule has 2 N–H and O–H groups in total. The summed E-state index contributed by atoms with van der Waals surface area (Å²) in [7, 11) is 1.70. The third kappa shape index (κ3) is 3.54. The first-order chi connectivity index (χ1) is 10.2. The minimum atomic E-state index is -0.396. The van der Waals surface area contributed by atoms with E-state index in [1.54, 1.807) is 19.2 Å². The number of carbonyl (C=O) groups is 2. The summed E-state index contributed by atoms with van der Waals surface area (Å²) in [6.07, 6.45) is 0. The Morgan fingerprint density at radius 1 is 1.18 bits per heavy atom. The molecule has 0 spiro atoms. The normalized spacial score (nSPS) is 11.3. The van der Waals surface area contributed by atoms with Crippen LogP contribution in [0.2, 0.25) is 0 Å². The molecule has 0 fully saturated rings. The molecule has 0 saturated heterocycles. The van der Waals surface area contributed by atoms with Gasteiger partial charge >= 0.3 is 0 Å². The number of hydrogen-bond acceptors (Lipinski definition) is 4. The zero-order valence-electron chi connectivity index (χ0n) is 13.4. The molecule has 0 saturated carbocycles. The van der Waals surface area contributed by atoms with Gasteiger partial charge in [0.25, 0.3) is 11.8 Å². The van der Waals surface area contributed by atoms with Gasteiger partial charge in [-0.2, -0.15) is 5.10 Å². The molecule has 0 aliphatic rings. The van der Waals surface area contributed by atoms with Gasteiger partial charge in [0.1, 0.15) is 5.69 Å². The number of nitrogens with one attached hydrogen (secondary N) is 2. The molecule has 0 atom stereocenters. The van der Waals surface area contributed by atoms with Crippen molar-refractivity contribution in [3.63, 3.8) is 0 Å². The van der Waals surface area contributed by atoms with Crippen molar-refractivity contribution in [2.24, 2.45) is 7.05 Å². The topological polar surface area (TPSA) is 76.0 Å². The van der Waals surface area contributed by atoms with Gasteiger partial charge in [0.2, 0.25) is 0 Å². The maximum Gasteiger partial charge on any atom is 0.287 e. The monoisotopic (exact) mass is 320 g/mol. The van der Waals surface area contributed by atoms with Gasteiger partial charge in [-0.05, 0) is 25.1 Å². The standard InChI is InChI=1S/C15H20N4O2S/c1-9-6-7-11(22-9)14(21)17-16-13(20)10-8-12(15(2,3)4)18-19(10)5/h6-8H,1-5H3,(H,16,20)(H,17,21). The predicted molar refractivity (Wildman–Crippen MR) is 85.9 cm³/mol. The van der Waals surface area contributed by atoms with Crippen LogP contribution in [0.4, 0.5) is 0 Å². The van der Waals surface area contributed by atoms with Crippen LogP contribution in [-0.4, -0.2) is 21.6 Å². The molecule has 118 valence electrons. The second-order valence-corrected chi connectivity index (χ2v) is 7.39. The van der Waals surface area contributed by atoms with Crippen molar-refractivity contribution in [1.29, 1.82) is 0 Å². The van der Waals surface area contributed by atoms with E-state index in [0.717, 1.165) is 10.6 Å². The molecule has 0 unspecified atom stereocenters. The molecular formula is C15H20N4O2S. The Bertz CT molecular complexity index is 709. The van der Waals surface area contributed by atoms with E-state index in [2.05, 4.69) is 16.0 Å². The molecule has 0 aliphatic heterocycles. The number of nitrogens with zero attached hydrogens (tertiary/aromatic N) is 2. The molecule has 2 aromatic heterocycles. The number of carbonyl (C=O) groups excluding carboxylic acids is 2. The van der Waals surface area contributed by atoms with Crippen molar-refractivity contribution in [1.82, 2.24) is 20.6 Å². The first-order valence-corrected chi connectivity index (χ1v) is 7.72. The Kier molecular flexibility index (Phi) is 4.37. The number of thiophene rings is 1. The molecule has 6 nitrogen and oxygen atoms in total. The molecule has 2 amide bonds. The summed E-state index contributed by atoms with van der Waals surface area (Å²) in [6.45, 7) is 8.00. The number of rotatable bonds is 2. The molecule has 2 heterocycles. The highest BCUT2D eigenvalue weighted by Gasteiger charge is 2.22. The smallest absolute Gasteiger partial charge is 0.266 e. The number of amides is 2. The van der Waals surface area contributed by atoms with E-state index >= 15 is 0 Å². The van der Waals surface area contributed by atoms with Crippen molar-refractivity contribution < 1.29 is 9.59 Å². The summed E-state index contributed by atoms with van der Waals surface area (Å²) in [4.78, 5) is 25.7. The van der Waals surface area contributed by atoms with Crippen LogP contribution in [0.1, 0.15) is 51.5 Å². The van der Waals surface area contributed by atoms with Crippen LogP contribution in [0.15, 0.2) is 18.2 Å². The average Bonchev–Trinajstić information content (AvgIpc) is 3.01. The van der Waals surface area contributed by atoms with E-state index in [-0.39, 0.29) is 11.3 Å². The van der Waals surface area contributed by atoms with Gasteiger partial charge in [0.15, 0.2) is 0 Å². The average molecular weight is 320 g/mol. The van der Waals surface area contributed by atoms with Crippen LogP contribution in [0.5, 0.6) is 0 Å². The Morgan fingerprint density at radius 3 is 2.32 bits per heavy atom. The molecule has 22 heavy (non-hydrogen) atoms. The number of aryl methyl sites for hydroxylation is 2. The maximum absolute atomic E-state index is 12.2. The highest BCUT2D eigenvalue weighted by molar-refractivity contribution is 7.13. The van der Waals surface area contributed by atoms with E-state index in [4.69, 9.17) is 0 Å². The maximum atomic E-state index is 12.2. The summed E-state index contributed by atoms with van der Waals surface area (Å²) in [5.41, 5.74) is 5.91. The van der Waals surface area contributed by atoms with E-state index in [1.807, 2.05) is 33.8 Å². The van der Waals surface area contributed by atoms with Crippen LogP contribution in [-0.2, 0) is 12.5 Å². The molecule has 2 aromatic rings. The number of hydrazine groups is 1. The van der Waals surface area contributed by atoms with Crippen molar-refractivity contribution in [3.05, 3.63) is 39.3 Å². The van der Waals surface area contributed by atoms with Crippen molar-refractivity contribution in [2.75, 3.05) is 0 Å². The molecule has 0 aliphatic carbocycles. The minimum Gasteiger partial charge on any atom is -0.266 e. The summed E-state index contributed by atoms with van der Waals surface area (Å²) >= 11 is 1.37. The number of aromatic nitrogens is 2. The molecule has 0 bridgehead atoms. The van der Waals surface area contributed by atoms with Crippen LogP contribution < -0.4 is 10.9 Å². The Morgan fingerprint density at radius 2 is 1.82 bits per heavy atom. The largest absolute Gasteiger partial charge is 0.287 e. The van der Waals surface area contributed by atoms with E-state index in [9.17, 15) is 9.59 Å². The first kappa shape index (κ1) is 16.2. The zero-order valence-corrected chi connectivity index (χ0v) is 14.2. The SMILES string of the molecule is Cc1ccc(C(=O)NNC(=O)c2cc(C(C)(C)C)nn2C)s1. The van der Waals surface area contributed by atoms with Gasteiger partial charge in [0.05, 0.1) is 10.6 Å². The van der Waals surface area contributed by atoms with Crippen LogP contribution in [0.25, 0.3) is 0 Å². The van der Waals surface area contributed by atoms with Gasteiger partial charge < -0.3 is 0 Å². The quantitative estimate of drug-likeness (QED) is 0.833. The van der Waals surface area contributed by atoms with E-state index < -0.39 is 5.91 Å². The lowest BCUT2D eigenvalue weighted by atomic mass is 9.92. The summed E-state index contributed by atoms with van der Waals surface area (Å²) in [5, 5.41) is 4.34. The van der Waals surface area contributed by atoms with Gasteiger partial charge in [-0.25, -0.2) is 0 Å². The third-order valence-corrected chi connectivity index (χ3v) is 4.13. The summed E-state index contributed by atoms with van der Waals surface area (Å²) in [6, 6.07) is 5.32. The van der Waals surface area contributed by atoms with E-state index in [0.29, 0.717) is 10.6 Å². The van der Waals surface area contributed by atoms with Gasteiger partial charge in [-0.3, -0.25) is 25.1 Å². The fourth-order valence-corrected chi connectivity index (χ4v) is 2.60. The van der Waals surface area contributed by atoms with Crippen LogP contribution >= 0.6 is 11.3 Å². The molecule has 0 radical (unpaired) electrons. The fourth-order valence-electron chi connectivity index (χ4n) is 1.84. The van der Waals surface area contributed by atoms with Crippen molar-refractivity contribution in [2.45, 2.75) is 33.1 Å². The van der Waals surface area contributed by atoms with Gasteiger partial charge in [0, 0.05) is 17.3 Å². The van der Waals surface area contributed by atoms with Crippen LogP contribution in [0, 0.1) is 6.92 Å². The molecular weight excluding hydrogens is 300 g/mol. The third-order valence-electron chi connectivity index (χ3n) is 3.13. The minimum absolute atomic E-state index is 0.145. The van der Waals surface area contributed by atoms with E-state index in [1.165, 1.54) is 16.0 Å². The highest BCUT2D eigenvalue weighted by atomic mass is 32.1. The van der Waals surface area contributed by atoms with Gasteiger partial charge in [-0.1, -0.05) is 20.8 Å². The lowest BCUT2D eigenvalue weighted by Gasteiger charge is -2.13. The molecule has 0 aromatic carbocycles. The lowest BCUT2D eigenvalue weighted by Crippen LogP contribution is -2.42. The Labute approximate surface area is 133 Å². The second-order valence-electron chi connectivity index (χ2n) is 6.11. The van der Waals surface area contributed by atoms with Crippen LogP contribution in [0.3, 0.4) is 0 Å². The Balaban J connectivity index is 2.04. The van der Waals surface area contributed by atoms with Crippen molar-refractivity contribution in [3.8, 4) is 0 Å². The Hall–Kier alpha value is -2.15. The van der Waals surface area contributed by atoms with Gasteiger partial charge in [-0.15, -0.1) is 11.3 Å². The lowest BCUT2D eigenvalue weighted by molar-refractivity contribution is 0.0843. The number of hydrogen-bond donors (Lipinski definition) is 2. The fraction of sp³-hybridized carbons (Fsp3) is 0.400. The zero-order chi connectivity index (χ0) is 16.5. The molecule has 2 rings (SSSR count). The highest BCUT2D eigenvalue weighted by Crippen LogP contribution is 2.21. The summed E-state index contributed by atoms with van der Waals surface area (Å²) < 4.78 is 1.51. The molecule has 7 heteroatoms. The summed E-state index contributed by atoms with van der Waals surface area (Å²) in [5.74, 6) is -0.725. The second kappa shape index (κ2) is 5.92. The first-order valence-electron chi connectivity index (χ1n) is 6.90. The predicted octanol–water partition coefficient (Wildman–Crippen LogP) is 2.16.